The summed E-state index contributed by atoms with van der Waals surface area (Å²) in [5.74, 6) is -0.543. The zero-order valence-electron chi connectivity index (χ0n) is 15.0. The Hall–Kier alpha value is -2.02. The van der Waals surface area contributed by atoms with E-state index in [0.29, 0.717) is 0 Å². The van der Waals surface area contributed by atoms with Crippen molar-refractivity contribution in [2.24, 2.45) is 0 Å². The van der Waals surface area contributed by atoms with Gasteiger partial charge in [0.2, 0.25) is 5.91 Å². The monoisotopic (exact) mass is 362 g/mol. The van der Waals surface area contributed by atoms with E-state index in [0.717, 1.165) is 29.2 Å². The summed E-state index contributed by atoms with van der Waals surface area (Å²) in [6.07, 6.45) is 4.71. The van der Waals surface area contributed by atoms with Gasteiger partial charge >= 0.3 is 0 Å². The van der Waals surface area contributed by atoms with Crippen LogP contribution in [-0.2, 0) is 16.1 Å². The van der Waals surface area contributed by atoms with Gasteiger partial charge in [-0.1, -0.05) is 50.1 Å². The molecule has 6 nitrogen and oxygen atoms in total. The van der Waals surface area contributed by atoms with Crippen molar-refractivity contribution in [3.8, 4) is 0 Å². The summed E-state index contributed by atoms with van der Waals surface area (Å²) in [4.78, 5) is 27.7. The summed E-state index contributed by atoms with van der Waals surface area (Å²) in [7, 11) is 0. The van der Waals surface area contributed by atoms with Gasteiger partial charge in [0, 0.05) is 13.5 Å². The first-order valence-corrected chi connectivity index (χ1v) is 9.59. The van der Waals surface area contributed by atoms with E-state index >= 15 is 0 Å². The Kier molecular flexibility index (Phi) is 7.31. The Morgan fingerprint density at radius 2 is 1.96 bits per heavy atom. The van der Waals surface area contributed by atoms with Crippen LogP contribution in [0.25, 0.3) is 11.0 Å². The first kappa shape index (κ1) is 19.3. The predicted octanol–water partition coefficient (Wildman–Crippen LogP) is 3.26. The van der Waals surface area contributed by atoms with Gasteiger partial charge in [-0.2, -0.15) is 0 Å². The zero-order valence-corrected chi connectivity index (χ0v) is 15.9. The summed E-state index contributed by atoms with van der Waals surface area (Å²) in [5, 5.41) is 0.473. The molecule has 1 heterocycles. The normalized spacial score (nSPS) is 12.1. The number of nitrogens with one attached hydrogen (secondary N) is 2. The van der Waals surface area contributed by atoms with Gasteiger partial charge in [-0.3, -0.25) is 20.4 Å². The molecule has 2 rings (SSSR count). The molecule has 25 heavy (non-hydrogen) atoms. The number of hydrazine groups is 1. The number of rotatable bonds is 8. The maximum atomic E-state index is 12.1. The van der Waals surface area contributed by atoms with E-state index in [2.05, 4.69) is 33.4 Å². The molecule has 0 aliphatic carbocycles. The van der Waals surface area contributed by atoms with Crippen molar-refractivity contribution in [1.29, 1.82) is 0 Å². The van der Waals surface area contributed by atoms with Gasteiger partial charge in [-0.05, 0) is 25.5 Å². The molecule has 0 bridgehead atoms. The number of carbonyl (C=O) groups excluding carboxylic acids is 2. The summed E-state index contributed by atoms with van der Waals surface area (Å²) >= 11 is 1.41. The van der Waals surface area contributed by atoms with Gasteiger partial charge in [0.15, 0.2) is 5.16 Å². The number of amides is 2. The first-order valence-electron chi connectivity index (χ1n) is 8.71. The lowest BCUT2D eigenvalue weighted by molar-refractivity contribution is -0.127. The lowest BCUT2D eigenvalue weighted by Crippen LogP contribution is -2.43. The molecule has 2 N–H and O–H groups in total. The molecule has 1 atom stereocenters. The van der Waals surface area contributed by atoms with Crippen molar-refractivity contribution in [2.45, 2.75) is 63.4 Å². The van der Waals surface area contributed by atoms with Crippen LogP contribution in [0.5, 0.6) is 0 Å². The fourth-order valence-electron chi connectivity index (χ4n) is 2.52. The summed E-state index contributed by atoms with van der Waals surface area (Å²) in [5.41, 5.74) is 6.77. The van der Waals surface area contributed by atoms with Crippen LogP contribution in [0.2, 0.25) is 0 Å². The van der Waals surface area contributed by atoms with Crippen molar-refractivity contribution >= 4 is 34.6 Å². The van der Waals surface area contributed by atoms with Gasteiger partial charge in [-0.25, -0.2) is 4.98 Å². The number of aromatic nitrogens is 2. The van der Waals surface area contributed by atoms with Crippen LogP contribution in [0.3, 0.4) is 0 Å². The number of nitrogens with zero attached hydrogens (tertiary/aromatic N) is 2. The number of para-hydroxylation sites is 2. The van der Waals surface area contributed by atoms with Crippen LogP contribution >= 0.6 is 11.8 Å². The maximum absolute atomic E-state index is 12.1. The van der Waals surface area contributed by atoms with Crippen LogP contribution in [-0.4, -0.2) is 26.6 Å². The minimum Gasteiger partial charge on any atom is -0.319 e. The van der Waals surface area contributed by atoms with Crippen LogP contribution in [0.4, 0.5) is 0 Å². The molecule has 0 saturated carbocycles. The van der Waals surface area contributed by atoms with Crippen molar-refractivity contribution in [2.75, 3.05) is 0 Å². The molecular formula is C18H26N4O2S. The van der Waals surface area contributed by atoms with E-state index in [-0.39, 0.29) is 17.1 Å². The van der Waals surface area contributed by atoms with Crippen LogP contribution < -0.4 is 10.9 Å². The molecule has 7 heteroatoms. The molecule has 2 aromatic rings. The highest BCUT2D eigenvalue weighted by Crippen LogP contribution is 2.27. The van der Waals surface area contributed by atoms with Crippen molar-refractivity contribution in [3.63, 3.8) is 0 Å². The predicted molar refractivity (Wildman–Crippen MR) is 101 cm³/mol. The molecule has 1 aromatic carbocycles. The van der Waals surface area contributed by atoms with Crippen LogP contribution in [0.1, 0.15) is 46.5 Å². The second-order valence-electron chi connectivity index (χ2n) is 6.03. The molecule has 136 valence electrons. The van der Waals surface area contributed by atoms with Crippen molar-refractivity contribution < 1.29 is 9.59 Å². The highest BCUT2D eigenvalue weighted by molar-refractivity contribution is 8.00. The standard InChI is InChI=1S/C18H26N4O2S/c1-4-5-6-9-12-22-16-11-8-7-10-15(16)19-18(22)25-13(2)17(24)21-20-14(3)23/h7-8,10-11,13H,4-6,9,12H2,1-3H3,(H,20,23)(H,21,24). The Bertz CT molecular complexity index is 729. The molecule has 2 amide bonds. The average Bonchev–Trinajstić information content (AvgIpc) is 2.93. The van der Waals surface area contributed by atoms with Gasteiger partial charge in [0.1, 0.15) is 0 Å². The molecule has 0 spiro atoms. The highest BCUT2D eigenvalue weighted by Gasteiger charge is 2.19. The fraction of sp³-hybridized carbons (Fsp3) is 0.500. The highest BCUT2D eigenvalue weighted by atomic mass is 32.2. The van der Waals surface area contributed by atoms with Crippen molar-refractivity contribution in [3.05, 3.63) is 24.3 Å². The van der Waals surface area contributed by atoms with E-state index in [1.165, 1.54) is 37.9 Å². The number of imidazole rings is 1. The molecular weight excluding hydrogens is 336 g/mol. The van der Waals surface area contributed by atoms with Crippen LogP contribution in [0, 0.1) is 0 Å². The quantitative estimate of drug-likeness (QED) is 0.429. The minimum absolute atomic E-state index is 0.246. The van der Waals surface area contributed by atoms with E-state index in [1.54, 1.807) is 0 Å². The molecule has 0 aliphatic rings. The summed E-state index contributed by atoms with van der Waals surface area (Å²) in [6.45, 7) is 6.25. The molecule has 1 aromatic heterocycles. The first-order chi connectivity index (χ1) is 12.0. The number of unbranched alkanes of at least 4 members (excludes halogenated alkanes) is 3. The molecule has 0 fully saturated rings. The third-order valence-corrected chi connectivity index (χ3v) is 4.96. The number of fused-ring (bicyclic) bond motifs is 1. The topological polar surface area (TPSA) is 76.0 Å². The number of thioether (sulfide) groups is 1. The fourth-order valence-corrected chi connectivity index (χ4v) is 3.47. The number of hydrogen-bond donors (Lipinski definition) is 2. The summed E-state index contributed by atoms with van der Waals surface area (Å²) in [6, 6.07) is 8.03. The lowest BCUT2D eigenvalue weighted by atomic mass is 10.2. The van der Waals surface area contributed by atoms with Crippen molar-refractivity contribution in [1.82, 2.24) is 20.4 Å². The zero-order chi connectivity index (χ0) is 18.2. The Balaban J connectivity index is 2.12. The van der Waals surface area contributed by atoms with Gasteiger partial charge < -0.3 is 4.57 Å². The Morgan fingerprint density at radius 3 is 2.68 bits per heavy atom. The van der Waals surface area contributed by atoms with Crippen LogP contribution in [0.15, 0.2) is 29.4 Å². The summed E-state index contributed by atoms with van der Waals surface area (Å²) < 4.78 is 2.19. The molecule has 0 radical (unpaired) electrons. The van der Waals surface area contributed by atoms with Gasteiger partial charge in [0.25, 0.3) is 5.91 Å². The third kappa shape index (κ3) is 5.49. The number of aryl methyl sites for hydroxylation is 1. The van der Waals surface area contributed by atoms with E-state index < -0.39 is 0 Å². The number of carbonyl (C=O) groups is 2. The SMILES string of the molecule is CCCCCCn1c(SC(C)C(=O)NNC(C)=O)nc2ccccc21. The van der Waals surface area contributed by atoms with Gasteiger partial charge in [-0.15, -0.1) is 0 Å². The third-order valence-electron chi connectivity index (χ3n) is 3.87. The molecule has 0 saturated heterocycles. The Labute approximate surface area is 152 Å². The number of hydrogen-bond acceptors (Lipinski definition) is 4. The van der Waals surface area contributed by atoms with Gasteiger partial charge in [0.05, 0.1) is 16.3 Å². The number of benzene rings is 1. The largest absolute Gasteiger partial charge is 0.319 e. The van der Waals surface area contributed by atoms with E-state index in [4.69, 9.17) is 0 Å². The van der Waals surface area contributed by atoms with E-state index in [1.807, 2.05) is 25.1 Å². The minimum atomic E-state index is -0.363. The lowest BCUT2D eigenvalue weighted by Gasteiger charge is -2.13. The van der Waals surface area contributed by atoms with E-state index in [9.17, 15) is 9.59 Å². The molecule has 1 unspecified atom stereocenters. The second kappa shape index (κ2) is 9.46. The smallest absolute Gasteiger partial charge is 0.251 e. The maximum Gasteiger partial charge on any atom is 0.251 e. The molecule has 0 aliphatic heterocycles. The Morgan fingerprint density at radius 1 is 1.20 bits per heavy atom. The second-order valence-corrected chi connectivity index (χ2v) is 7.33. The average molecular weight is 362 g/mol.